The predicted octanol–water partition coefficient (Wildman–Crippen LogP) is 0.0633. The van der Waals surface area contributed by atoms with Crippen LogP contribution in [0.15, 0.2) is 12.1 Å². The van der Waals surface area contributed by atoms with Crippen LogP contribution in [0, 0.1) is 6.92 Å². The van der Waals surface area contributed by atoms with E-state index in [1.165, 1.54) is 0 Å². The van der Waals surface area contributed by atoms with Crippen molar-refractivity contribution in [2.24, 2.45) is 5.73 Å². The number of imidazole rings is 1. The number of ether oxygens (including phenoxy) is 1. The molecule has 4 rings (SSSR count). The van der Waals surface area contributed by atoms with Crippen LogP contribution in [0.3, 0.4) is 0 Å². The first-order chi connectivity index (χ1) is 11.5. The van der Waals surface area contributed by atoms with Gasteiger partial charge >= 0.3 is 0 Å². The van der Waals surface area contributed by atoms with Crippen molar-refractivity contribution in [2.75, 3.05) is 0 Å². The van der Waals surface area contributed by atoms with Crippen LogP contribution < -0.4 is 16.4 Å². The molecule has 0 bridgehead atoms. The van der Waals surface area contributed by atoms with Crippen molar-refractivity contribution in [3.8, 4) is 0 Å². The lowest BCUT2D eigenvalue weighted by atomic mass is 10.1. The molecule has 0 radical (unpaired) electrons. The fourth-order valence-electron chi connectivity index (χ4n) is 3.22. The van der Waals surface area contributed by atoms with Gasteiger partial charge in [0.25, 0.3) is 5.91 Å². The van der Waals surface area contributed by atoms with Gasteiger partial charge in [0.05, 0.1) is 17.1 Å². The van der Waals surface area contributed by atoms with Crippen LogP contribution >= 0.6 is 0 Å². The smallest absolute Gasteiger partial charge is 0.253 e. The number of epoxide rings is 1. The first kappa shape index (κ1) is 15.1. The second-order valence-corrected chi connectivity index (χ2v) is 6.27. The molecular formula is C16H19N5O3. The topological polar surface area (TPSA) is 125 Å². The summed E-state index contributed by atoms with van der Waals surface area (Å²) in [5, 5.41) is 5.75. The number of amides is 2. The van der Waals surface area contributed by atoms with E-state index in [9.17, 15) is 9.59 Å². The Morgan fingerprint density at radius 1 is 1.50 bits per heavy atom. The lowest BCUT2D eigenvalue weighted by Gasteiger charge is -2.15. The molecule has 2 saturated heterocycles. The molecule has 1 aromatic carbocycles. The minimum Gasteiger partial charge on any atom is -0.346 e. The minimum atomic E-state index is -0.284. The zero-order valence-electron chi connectivity index (χ0n) is 13.3. The fraction of sp³-hybridized carbons (Fsp3) is 0.438. The molecule has 126 valence electrons. The van der Waals surface area contributed by atoms with Gasteiger partial charge < -0.3 is 26.1 Å². The van der Waals surface area contributed by atoms with Crippen LogP contribution in [0.5, 0.6) is 0 Å². The third kappa shape index (κ3) is 2.63. The zero-order valence-corrected chi connectivity index (χ0v) is 13.3. The van der Waals surface area contributed by atoms with E-state index < -0.39 is 0 Å². The van der Waals surface area contributed by atoms with Crippen molar-refractivity contribution >= 4 is 22.8 Å². The van der Waals surface area contributed by atoms with E-state index in [0.717, 1.165) is 16.9 Å². The Morgan fingerprint density at radius 2 is 2.33 bits per heavy atom. The Labute approximate surface area is 138 Å². The summed E-state index contributed by atoms with van der Waals surface area (Å²) >= 11 is 0. The maximum Gasteiger partial charge on any atom is 0.253 e. The van der Waals surface area contributed by atoms with Gasteiger partial charge in [0.15, 0.2) is 6.23 Å². The van der Waals surface area contributed by atoms with Gasteiger partial charge in [0.1, 0.15) is 17.4 Å². The monoisotopic (exact) mass is 329 g/mol. The summed E-state index contributed by atoms with van der Waals surface area (Å²) < 4.78 is 5.43. The molecule has 5 N–H and O–H groups in total. The summed E-state index contributed by atoms with van der Waals surface area (Å²) in [5.41, 5.74) is 8.49. The number of benzene rings is 1. The summed E-state index contributed by atoms with van der Waals surface area (Å²) in [6.07, 6.45) is 0.488. The number of carbonyl (C=O) groups is 2. The Morgan fingerprint density at radius 3 is 3.12 bits per heavy atom. The number of nitrogens with two attached hydrogens (primary N) is 1. The van der Waals surface area contributed by atoms with E-state index in [1.807, 2.05) is 13.0 Å². The molecule has 1 aromatic heterocycles. The van der Waals surface area contributed by atoms with Crippen LogP contribution in [0.25, 0.3) is 11.0 Å². The number of nitrogens with one attached hydrogen (secondary N) is 3. The number of aromatic amines is 1. The quantitative estimate of drug-likeness (QED) is 0.593. The van der Waals surface area contributed by atoms with Gasteiger partial charge in [-0.25, -0.2) is 4.98 Å². The highest BCUT2D eigenvalue weighted by atomic mass is 16.6. The van der Waals surface area contributed by atoms with Crippen molar-refractivity contribution in [1.82, 2.24) is 20.6 Å². The Kier molecular flexibility index (Phi) is 3.50. The van der Waals surface area contributed by atoms with Crippen molar-refractivity contribution in [3.63, 3.8) is 0 Å². The average molecular weight is 329 g/mol. The van der Waals surface area contributed by atoms with Gasteiger partial charge in [0.2, 0.25) is 5.91 Å². The molecule has 2 fully saturated rings. The molecule has 0 spiro atoms. The molecule has 2 aromatic rings. The second kappa shape index (κ2) is 5.57. The number of nitrogens with zero attached hydrogens (tertiary/aromatic N) is 1. The SMILES string of the molecule is Cc1nc2c(C(=O)NC3CCC(=O)NC4OC34)cc(CN)cc2[nH]1. The Balaban J connectivity index is 1.62. The molecule has 3 unspecified atom stereocenters. The maximum atomic E-state index is 12.8. The van der Waals surface area contributed by atoms with Crippen LogP contribution in [-0.4, -0.2) is 40.2 Å². The number of hydrogen-bond donors (Lipinski definition) is 4. The first-order valence-corrected chi connectivity index (χ1v) is 8.00. The highest BCUT2D eigenvalue weighted by Crippen LogP contribution is 2.29. The Hall–Kier alpha value is -2.45. The average Bonchev–Trinajstić information content (AvgIpc) is 3.22. The number of aromatic nitrogens is 2. The van der Waals surface area contributed by atoms with Crippen LogP contribution in [0.1, 0.15) is 34.6 Å². The largest absolute Gasteiger partial charge is 0.346 e. The maximum absolute atomic E-state index is 12.8. The molecule has 0 aliphatic carbocycles. The van der Waals surface area contributed by atoms with Gasteiger partial charge in [-0.05, 0) is 31.0 Å². The van der Waals surface area contributed by atoms with E-state index in [0.29, 0.717) is 30.5 Å². The van der Waals surface area contributed by atoms with Crippen molar-refractivity contribution in [1.29, 1.82) is 0 Å². The summed E-state index contributed by atoms with van der Waals surface area (Å²) in [6, 6.07) is 3.47. The number of carbonyl (C=O) groups excluding carboxylic acids is 2. The number of hydrogen-bond acceptors (Lipinski definition) is 5. The fourth-order valence-corrected chi connectivity index (χ4v) is 3.22. The molecule has 3 heterocycles. The van der Waals surface area contributed by atoms with Gasteiger partial charge in [-0.3, -0.25) is 9.59 Å². The van der Waals surface area contributed by atoms with Crippen molar-refractivity contribution in [2.45, 2.75) is 44.7 Å². The molecule has 2 aliphatic heterocycles. The molecule has 2 aliphatic rings. The van der Waals surface area contributed by atoms with E-state index in [1.54, 1.807) is 6.07 Å². The summed E-state index contributed by atoms with van der Waals surface area (Å²) in [5.74, 6) is 0.466. The molecule has 8 heteroatoms. The predicted molar refractivity (Wildman–Crippen MR) is 86.0 cm³/mol. The van der Waals surface area contributed by atoms with E-state index >= 15 is 0 Å². The summed E-state index contributed by atoms with van der Waals surface area (Å²) in [7, 11) is 0. The normalized spacial score (nSPS) is 25.8. The molecule has 3 atom stereocenters. The summed E-state index contributed by atoms with van der Waals surface area (Å²) in [6.45, 7) is 2.18. The van der Waals surface area contributed by atoms with Crippen LogP contribution in [0.2, 0.25) is 0 Å². The third-order valence-corrected chi connectivity index (χ3v) is 4.47. The van der Waals surface area contributed by atoms with E-state index in [2.05, 4.69) is 20.6 Å². The van der Waals surface area contributed by atoms with Crippen molar-refractivity contribution < 1.29 is 14.3 Å². The second-order valence-electron chi connectivity index (χ2n) is 6.27. The standard InChI is InChI=1S/C16H19N5O3/c1-7-18-11-5-8(6-17)4-9(13(11)19-7)15(23)20-10-2-3-12(22)21-16-14(10)24-16/h4-5,10,14,16H,2-3,6,17H2,1H3,(H,18,19)(H,20,23)(H,21,22). The number of H-pyrrole nitrogens is 1. The van der Waals surface area contributed by atoms with Gasteiger partial charge in [-0.15, -0.1) is 0 Å². The third-order valence-electron chi connectivity index (χ3n) is 4.47. The lowest BCUT2D eigenvalue weighted by Crippen LogP contribution is -2.39. The van der Waals surface area contributed by atoms with E-state index in [-0.39, 0.29) is 30.2 Å². The molecule has 8 nitrogen and oxygen atoms in total. The van der Waals surface area contributed by atoms with E-state index in [4.69, 9.17) is 10.5 Å². The van der Waals surface area contributed by atoms with Gasteiger partial charge in [0, 0.05) is 13.0 Å². The number of rotatable bonds is 3. The highest BCUT2D eigenvalue weighted by Gasteiger charge is 2.48. The summed E-state index contributed by atoms with van der Waals surface area (Å²) in [4.78, 5) is 31.9. The number of fused-ring (bicyclic) bond motifs is 2. The number of aryl methyl sites for hydroxylation is 1. The van der Waals surface area contributed by atoms with Gasteiger partial charge in [-0.1, -0.05) is 0 Å². The molecular weight excluding hydrogens is 310 g/mol. The zero-order chi connectivity index (χ0) is 16.8. The first-order valence-electron chi connectivity index (χ1n) is 8.00. The highest BCUT2D eigenvalue weighted by molar-refractivity contribution is 6.05. The Bertz CT molecular complexity index is 830. The van der Waals surface area contributed by atoms with Gasteiger partial charge in [-0.2, -0.15) is 0 Å². The lowest BCUT2D eigenvalue weighted by molar-refractivity contribution is -0.121. The molecule has 24 heavy (non-hydrogen) atoms. The van der Waals surface area contributed by atoms with Crippen molar-refractivity contribution in [3.05, 3.63) is 29.1 Å². The van der Waals surface area contributed by atoms with Crippen LogP contribution in [0.4, 0.5) is 0 Å². The van der Waals surface area contributed by atoms with Crippen LogP contribution in [-0.2, 0) is 16.1 Å². The minimum absolute atomic E-state index is 0.0466. The molecule has 2 amide bonds. The molecule has 0 saturated carbocycles.